The minimum absolute atomic E-state index is 0.137. The van der Waals surface area contributed by atoms with Gasteiger partial charge in [0.1, 0.15) is 17.7 Å². The molecule has 0 saturated heterocycles. The molecule has 0 unspecified atom stereocenters. The van der Waals surface area contributed by atoms with E-state index < -0.39 is 0 Å². The van der Waals surface area contributed by atoms with Gasteiger partial charge in [0.05, 0.1) is 12.7 Å². The number of benzene rings is 2. The van der Waals surface area contributed by atoms with Crippen molar-refractivity contribution in [1.82, 2.24) is 15.0 Å². The number of hydrogen-bond donors (Lipinski definition) is 4. The number of nitrogens with zero attached hydrogens (tertiary/aromatic N) is 4. The first kappa shape index (κ1) is 21.4. The Morgan fingerprint density at radius 1 is 1.29 bits per heavy atom. The largest absolute Gasteiger partial charge is 0.495 e. The number of amidine groups is 1. The van der Waals surface area contributed by atoms with Gasteiger partial charge in [0.2, 0.25) is 0 Å². The van der Waals surface area contributed by atoms with Gasteiger partial charge in [-0.15, -0.1) is 0 Å². The summed E-state index contributed by atoms with van der Waals surface area (Å²) in [4.78, 5) is 17.1. The van der Waals surface area contributed by atoms with Gasteiger partial charge in [-0.1, -0.05) is 12.1 Å². The van der Waals surface area contributed by atoms with Crippen LogP contribution in [0.15, 0.2) is 64.8 Å². The Kier molecular flexibility index (Phi) is 6.82. The zero-order valence-corrected chi connectivity index (χ0v) is 16.9. The highest BCUT2D eigenvalue weighted by atomic mass is 16.5. The van der Waals surface area contributed by atoms with Crippen molar-refractivity contribution in [2.75, 3.05) is 12.4 Å². The number of methoxy groups -OCH3 is 1. The monoisotopic (exact) mass is 418 g/mol. The molecule has 31 heavy (non-hydrogen) atoms. The second kappa shape index (κ2) is 9.91. The summed E-state index contributed by atoms with van der Waals surface area (Å²) in [5.74, 6) is 11.7. The van der Waals surface area contributed by atoms with Gasteiger partial charge in [0, 0.05) is 30.2 Å². The second-order valence-electron chi connectivity index (χ2n) is 6.49. The molecule has 0 aliphatic carbocycles. The molecule has 3 aromatic rings. The molecular formula is C21H22N8O2. The molecule has 0 atom stereocenters. The number of nitriles is 1. The van der Waals surface area contributed by atoms with E-state index in [4.69, 9.17) is 16.4 Å². The highest BCUT2D eigenvalue weighted by Gasteiger charge is 2.09. The standard InChI is InChI=1S/C21H22N8O2/c1-31-18-8-5-16(12-15(18)13-22)26-20-21(30)29(11-10-25-20)17-6-2-14(3-7-17)4-9-19(27-23)28-24/h2-3,5-8,10-12H,4,9,23-24H2,1H3,(H,25,26)(H,27,28). The van der Waals surface area contributed by atoms with Crippen molar-refractivity contribution in [2.24, 2.45) is 16.8 Å². The third-order valence-electron chi connectivity index (χ3n) is 4.61. The van der Waals surface area contributed by atoms with Crippen LogP contribution in [0.2, 0.25) is 0 Å². The van der Waals surface area contributed by atoms with E-state index in [1.54, 1.807) is 24.4 Å². The van der Waals surface area contributed by atoms with E-state index in [-0.39, 0.29) is 11.4 Å². The number of nitrogens with two attached hydrogens (primary N) is 2. The fraction of sp³-hybridized carbons (Fsp3) is 0.143. The molecule has 0 aliphatic rings. The predicted molar refractivity (Wildman–Crippen MR) is 118 cm³/mol. The average molecular weight is 418 g/mol. The Morgan fingerprint density at radius 2 is 2.06 bits per heavy atom. The molecule has 10 nitrogen and oxygen atoms in total. The van der Waals surface area contributed by atoms with Crippen LogP contribution in [0.4, 0.5) is 11.5 Å². The summed E-state index contributed by atoms with van der Waals surface area (Å²) in [6.07, 6.45) is 4.39. The summed E-state index contributed by atoms with van der Waals surface area (Å²) in [5.41, 5.74) is 4.77. The third-order valence-corrected chi connectivity index (χ3v) is 4.61. The van der Waals surface area contributed by atoms with E-state index in [0.29, 0.717) is 41.4 Å². The molecule has 1 heterocycles. The van der Waals surface area contributed by atoms with Crippen molar-refractivity contribution < 1.29 is 4.74 Å². The van der Waals surface area contributed by atoms with Crippen LogP contribution in [0.3, 0.4) is 0 Å². The molecule has 6 N–H and O–H groups in total. The van der Waals surface area contributed by atoms with Crippen molar-refractivity contribution in [3.8, 4) is 17.5 Å². The number of nitrogens with one attached hydrogen (secondary N) is 2. The molecular weight excluding hydrogens is 396 g/mol. The van der Waals surface area contributed by atoms with E-state index in [9.17, 15) is 10.1 Å². The molecule has 0 radical (unpaired) electrons. The van der Waals surface area contributed by atoms with Gasteiger partial charge in [-0.2, -0.15) is 10.4 Å². The fourth-order valence-electron chi connectivity index (χ4n) is 2.97. The van der Waals surface area contributed by atoms with Crippen molar-refractivity contribution in [3.63, 3.8) is 0 Å². The molecule has 0 bridgehead atoms. The zero-order valence-electron chi connectivity index (χ0n) is 16.9. The number of aromatic nitrogens is 2. The van der Waals surface area contributed by atoms with Gasteiger partial charge in [0.25, 0.3) is 5.56 Å². The Hall–Kier alpha value is -4.36. The molecule has 0 aliphatic heterocycles. The molecule has 2 aromatic carbocycles. The van der Waals surface area contributed by atoms with Crippen molar-refractivity contribution in [2.45, 2.75) is 12.8 Å². The number of ether oxygens (including phenoxy) is 1. The summed E-state index contributed by atoms with van der Waals surface area (Å²) in [6.45, 7) is 0. The van der Waals surface area contributed by atoms with Crippen LogP contribution in [0.25, 0.3) is 5.69 Å². The SMILES string of the molecule is COc1ccc(Nc2nccn(-c3ccc(CC/C(=N/N)NN)cc3)c2=O)cc1C#N. The van der Waals surface area contributed by atoms with Crippen molar-refractivity contribution in [1.29, 1.82) is 5.26 Å². The van der Waals surface area contributed by atoms with Crippen LogP contribution in [0, 0.1) is 11.3 Å². The Balaban J connectivity index is 1.81. The summed E-state index contributed by atoms with van der Waals surface area (Å²) in [6, 6.07) is 14.6. The first-order chi connectivity index (χ1) is 15.1. The van der Waals surface area contributed by atoms with Crippen LogP contribution in [-0.2, 0) is 6.42 Å². The lowest BCUT2D eigenvalue weighted by Gasteiger charge is -2.11. The van der Waals surface area contributed by atoms with Crippen molar-refractivity contribution >= 4 is 17.3 Å². The summed E-state index contributed by atoms with van der Waals surface area (Å²) in [5, 5.41) is 15.8. The van der Waals surface area contributed by atoms with Gasteiger partial charge in [-0.05, 0) is 42.3 Å². The lowest BCUT2D eigenvalue weighted by molar-refractivity contribution is 0.413. The average Bonchev–Trinajstić information content (AvgIpc) is 2.81. The number of rotatable bonds is 7. The number of aryl methyl sites for hydroxylation is 1. The minimum Gasteiger partial charge on any atom is -0.495 e. The Bertz CT molecular complexity index is 1180. The fourth-order valence-corrected chi connectivity index (χ4v) is 2.97. The lowest BCUT2D eigenvalue weighted by atomic mass is 10.1. The maximum atomic E-state index is 12.9. The number of hydrazine groups is 1. The van der Waals surface area contributed by atoms with Gasteiger partial charge in [-0.25, -0.2) is 10.8 Å². The third kappa shape index (κ3) is 4.98. The molecule has 0 spiro atoms. The van der Waals surface area contributed by atoms with Crippen molar-refractivity contribution in [3.05, 3.63) is 76.3 Å². The number of hydrazone groups is 1. The van der Waals surface area contributed by atoms with E-state index in [1.165, 1.54) is 17.9 Å². The number of anilines is 2. The molecule has 1 aromatic heterocycles. The normalized spacial score (nSPS) is 10.9. The summed E-state index contributed by atoms with van der Waals surface area (Å²) in [7, 11) is 1.49. The maximum absolute atomic E-state index is 12.9. The topological polar surface area (TPSA) is 156 Å². The lowest BCUT2D eigenvalue weighted by Crippen LogP contribution is -2.31. The molecule has 0 amide bonds. The quantitative estimate of drug-likeness (QED) is 0.195. The van der Waals surface area contributed by atoms with Crippen LogP contribution in [-0.4, -0.2) is 22.5 Å². The van der Waals surface area contributed by atoms with Crippen LogP contribution >= 0.6 is 0 Å². The Labute approximate surface area is 178 Å². The highest BCUT2D eigenvalue weighted by molar-refractivity contribution is 5.81. The van der Waals surface area contributed by atoms with Gasteiger partial charge in [0.15, 0.2) is 5.82 Å². The molecule has 10 heteroatoms. The molecule has 158 valence electrons. The van der Waals surface area contributed by atoms with E-state index in [0.717, 1.165) is 5.56 Å². The summed E-state index contributed by atoms with van der Waals surface area (Å²) < 4.78 is 6.63. The molecule has 3 rings (SSSR count). The molecule has 0 saturated carbocycles. The zero-order chi connectivity index (χ0) is 22.2. The predicted octanol–water partition coefficient (Wildman–Crippen LogP) is 1.52. The second-order valence-corrected chi connectivity index (χ2v) is 6.49. The van der Waals surface area contributed by atoms with E-state index in [1.807, 2.05) is 24.3 Å². The summed E-state index contributed by atoms with van der Waals surface area (Å²) >= 11 is 0. The Morgan fingerprint density at radius 3 is 2.71 bits per heavy atom. The van der Waals surface area contributed by atoms with Crippen LogP contribution < -0.4 is 32.7 Å². The first-order valence-corrected chi connectivity index (χ1v) is 9.35. The van der Waals surface area contributed by atoms with Gasteiger partial charge in [-0.3, -0.25) is 9.36 Å². The minimum atomic E-state index is -0.325. The smallest absolute Gasteiger partial charge is 0.298 e. The highest BCUT2D eigenvalue weighted by Crippen LogP contribution is 2.23. The van der Waals surface area contributed by atoms with Crippen LogP contribution in [0.5, 0.6) is 5.75 Å². The molecule has 0 fully saturated rings. The maximum Gasteiger partial charge on any atom is 0.298 e. The van der Waals surface area contributed by atoms with E-state index >= 15 is 0 Å². The number of hydrogen-bond acceptors (Lipinski definition) is 8. The van der Waals surface area contributed by atoms with E-state index in [2.05, 4.69) is 26.9 Å². The van der Waals surface area contributed by atoms with Crippen LogP contribution in [0.1, 0.15) is 17.5 Å². The van der Waals surface area contributed by atoms with Gasteiger partial charge < -0.3 is 21.3 Å². The van der Waals surface area contributed by atoms with Gasteiger partial charge >= 0.3 is 0 Å². The first-order valence-electron chi connectivity index (χ1n) is 9.35.